The van der Waals surface area contributed by atoms with Crippen LogP contribution in [0, 0.1) is 0 Å². The van der Waals surface area contributed by atoms with Gasteiger partial charge >= 0.3 is 0 Å². The molecule has 0 bridgehead atoms. The molecule has 0 aliphatic carbocycles. The van der Waals surface area contributed by atoms with Crippen molar-refractivity contribution in [3.8, 4) is 0 Å². The van der Waals surface area contributed by atoms with E-state index >= 15 is 0 Å². The molecule has 1 saturated heterocycles. The molecule has 3 nitrogen and oxygen atoms in total. The molecule has 2 rings (SSSR count). The highest BCUT2D eigenvalue weighted by atomic mass is 79.9. The molecule has 2 N–H and O–H groups in total. The Morgan fingerprint density at radius 2 is 2.41 bits per heavy atom. The zero-order valence-electron chi connectivity index (χ0n) is 10.2. The van der Waals surface area contributed by atoms with E-state index < -0.39 is 0 Å². The van der Waals surface area contributed by atoms with Gasteiger partial charge in [-0.05, 0) is 41.2 Å². The number of morpholine rings is 1. The number of nitrogens with two attached hydrogens (primary N) is 1. The van der Waals surface area contributed by atoms with Gasteiger partial charge in [-0.2, -0.15) is 0 Å². The number of halogens is 1. The maximum absolute atomic E-state index is 5.85. The second-order valence-corrected chi connectivity index (χ2v) is 6.36. The number of hydrogen-bond donors (Lipinski definition) is 1. The molecule has 5 heteroatoms. The molecule has 0 saturated carbocycles. The summed E-state index contributed by atoms with van der Waals surface area (Å²) in [6, 6.07) is 2.89. The lowest BCUT2D eigenvalue weighted by Gasteiger charge is -2.43. The van der Waals surface area contributed by atoms with Crippen LogP contribution in [0.4, 0.5) is 0 Å². The van der Waals surface area contributed by atoms with Crippen LogP contribution in [0.3, 0.4) is 0 Å². The van der Waals surface area contributed by atoms with Crippen LogP contribution in [-0.4, -0.2) is 36.7 Å². The molecule has 2 atom stereocenters. The molecule has 0 aromatic carbocycles. The minimum Gasteiger partial charge on any atom is -0.374 e. The normalized spacial score (nSPS) is 26.6. The van der Waals surface area contributed by atoms with Crippen molar-refractivity contribution in [1.29, 1.82) is 0 Å². The zero-order chi connectivity index (χ0) is 12.4. The molecule has 2 heterocycles. The van der Waals surface area contributed by atoms with E-state index in [0.29, 0.717) is 12.6 Å². The van der Waals surface area contributed by atoms with E-state index in [1.165, 1.54) is 9.35 Å². The van der Waals surface area contributed by atoms with Gasteiger partial charge in [-0.15, -0.1) is 11.3 Å². The number of nitrogens with zero attached hydrogens (tertiary/aromatic N) is 1. The van der Waals surface area contributed by atoms with E-state index in [1.54, 1.807) is 11.3 Å². The summed E-state index contributed by atoms with van der Waals surface area (Å²) < 4.78 is 6.99. The van der Waals surface area contributed by atoms with Crippen molar-refractivity contribution in [3.63, 3.8) is 0 Å². The van der Waals surface area contributed by atoms with Gasteiger partial charge in [0.1, 0.15) is 0 Å². The van der Waals surface area contributed by atoms with Crippen molar-refractivity contribution in [2.45, 2.75) is 32.0 Å². The Morgan fingerprint density at radius 3 is 2.94 bits per heavy atom. The smallest absolute Gasteiger partial charge is 0.0902 e. The number of thiophene rings is 1. The van der Waals surface area contributed by atoms with Crippen molar-refractivity contribution in [1.82, 2.24) is 4.90 Å². The lowest BCUT2D eigenvalue weighted by molar-refractivity contribution is -0.0779. The van der Waals surface area contributed by atoms with Gasteiger partial charge < -0.3 is 10.5 Å². The van der Waals surface area contributed by atoms with Crippen LogP contribution in [0.2, 0.25) is 0 Å². The molecule has 1 aliphatic heterocycles. The van der Waals surface area contributed by atoms with Crippen molar-refractivity contribution in [3.05, 3.63) is 20.8 Å². The summed E-state index contributed by atoms with van der Waals surface area (Å²) in [5.41, 5.74) is 5.85. The van der Waals surface area contributed by atoms with Crippen LogP contribution in [-0.2, 0) is 4.74 Å². The molecule has 0 spiro atoms. The van der Waals surface area contributed by atoms with Gasteiger partial charge in [-0.1, -0.05) is 0 Å². The maximum Gasteiger partial charge on any atom is 0.0902 e. The molecule has 2 unspecified atom stereocenters. The Labute approximate surface area is 115 Å². The van der Waals surface area contributed by atoms with Crippen molar-refractivity contribution in [2.75, 3.05) is 19.7 Å². The molecule has 1 fully saturated rings. The lowest BCUT2D eigenvalue weighted by Crippen LogP contribution is -2.50. The average Bonchev–Trinajstić information content (AvgIpc) is 2.74. The van der Waals surface area contributed by atoms with Gasteiger partial charge in [0.2, 0.25) is 0 Å². The van der Waals surface area contributed by atoms with E-state index in [2.05, 4.69) is 46.1 Å². The summed E-state index contributed by atoms with van der Waals surface area (Å²) in [4.78, 5) is 3.81. The summed E-state index contributed by atoms with van der Waals surface area (Å²) in [6.07, 6.45) is 0.0982. The van der Waals surface area contributed by atoms with Gasteiger partial charge in [0.25, 0.3) is 0 Å². The van der Waals surface area contributed by atoms with Crippen molar-refractivity contribution in [2.24, 2.45) is 5.73 Å². The minimum atomic E-state index is 0.0982. The molecule has 1 aromatic rings. The van der Waals surface area contributed by atoms with E-state index in [9.17, 15) is 0 Å². The number of hydrogen-bond acceptors (Lipinski definition) is 4. The summed E-state index contributed by atoms with van der Waals surface area (Å²) >= 11 is 5.39. The van der Waals surface area contributed by atoms with Crippen LogP contribution < -0.4 is 5.73 Å². The fourth-order valence-corrected chi connectivity index (χ4v) is 4.15. The average molecular weight is 319 g/mol. The Kier molecular flexibility index (Phi) is 4.60. The standard InChI is InChI=1S/C12H19BrN2OS/c1-8(2)15-4-5-16-10(7-14)11(15)12-9(13)3-6-17-12/h3,6,8,10-11H,4-5,7,14H2,1-2H3. The quantitative estimate of drug-likeness (QED) is 0.931. The Hall–Kier alpha value is 0.0600. The number of ether oxygens (including phenoxy) is 1. The summed E-state index contributed by atoms with van der Waals surface area (Å²) in [5, 5.41) is 2.11. The second-order valence-electron chi connectivity index (χ2n) is 4.55. The molecule has 17 heavy (non-hydrogen) atoms. The Balaban J connectivity index is 2.32. The lowest BCUT2D eigenvalue weighted by atomic mass is 10.0. The summed E-state index contributed by atoms with van der Waals surface area (Å²) in [6.45, 7) is 6.78. The molecule has 0 radical (unpaired) electrons. The number of rotatable bonds is 3. The van der Waals surface area contributed by atoms with Gasteiger partial charge in [-0.3, -0.25) is 4.90 Å². The second kappa shape index (κ2) is 5.80. The third kappa shape index (κ3) is 2.74. The highest BCUT2D eigenvalue weighted by Crippen LogP contribution is 2.38. The minimum absolute atomic E-state index is 0.0982. The Bertz CT molecular complexity index is 369. The van der Waals surface area contributed by atoms with Gasteiger partial charge in [0.15, 0.2) is 0 Å². The Morgan fingerprint density at radius 1 is 1.65 bits per heavy atom. The van der Waals surface area contributed by atoms with Gasteiger partial charge in [-0.25, -0.2) is 0 Å². The predicted molar refractivity (Wildman–Crippen MR) is 75.4 cm³/mol. The molecule has 1 aromatic heterocycles. The maximum atomic E-state index is 5.85. The fraction of sp³-hybridized carbons (Fsp3) is 0.667. The zero-order valence-corrected chi connectivity index (χ0v) is 12.6. The first kappa shape index (κ1) is 13.5. The van der Waals surface area contributed by atoms with Gasteiger partial charge in [0.05, 0.1) is 18.8 Å². The summed E-state index contributed by atoms with van der Waals surface area (Å²) in [7, 11) is 0. The highest BCUT2D eigenvalue weighted by molar-refractivity contribution is 9.10. The van der Waals surface area contributed by atoms with Crippen LogP contribution in [0.15, 0.2) is 15.9 Å². The molecule has 1 aliphatic rings. The molecular weight excluding hydrogens is 300 g/mol. The van der Waals surface area contributed by atoms with Crippen LogP contribution in [0.5, 0.6) is 0 Å². The first-order chi connectivity index (χ1) is 8.15. The first-order valence-electron chi connectivity index (χ1n) is 5.95. The molecule has 96 valence electrons. The predicted octanol–water partition coefficient (Wildman–Crippen LogP) is 2.62. The van der Waals surface area contributed by atoms with Gasteiger partial charge in [0, 0.05) is 28.5 Å². The molecule has 0 amide bonds. The molecular formula is C12H19BrN2OS. The topological polar surface area (TPSA) is 38.5 Å². The third-order valence-corrected chi connectivity index (χ3v) is 5.14. The highest BCUT2D eigenvalue weighted by Gasteiger charge is 2.35. The largest absolute Gasteiger partial charge is 0.374 e. The SMILES string of the molecule is CC(C)N1CCOC(CN)C1c1sccc1Br. The monoisotopic (exact) mass is 318 g/mol. The fourth-order valence-electron chi connectivity index (χ4n) is 2.37. The van der Waals surface area contributed by atoms with E-state index in [-0.39, 0.29) is 12.1 Å². The van der Waals surface area contributed by atoms with Crippen LogP contribution >= 0.6 is 27.3 Å². The van der Waals surface area contributed by atoms with Crippen LogP contribution in [0.25, 0.3) is 0 Å². The first-order valence-corrected chi connectivity index (χ1v) is 7.62. The van der Waals surface area contributed by atoms with E-state index in [0.717, 1.165) is 13.2 Å². The van der Waals surface area contributed by atoms with Crippen molar-refractivity contribution < 1.29 is 4.74 Å². The summed E-state index contributed by atoms with van der Waals surface area (Å²) in [5.74, 6) is 0. The van der Waals surface area contributed by atoms with E-state index in [4.69, 9.17) is 10.5 Å². The third-order valence-electron chi connectivity index (χ3n) is 3.20. The van der Waals surface area contributed by atoms with Crippen LogP contribution in [0.1, 0.15) is 24.8 Å². The van der Waals surface area contributed by atoms with Crippen molar-refractivity contribution >= 4 is 27.3 Å². The van der Waals surface area contributed by atoms with E-state index in [1.807, 2.05) is 0 Å².